The van der Waals surface area contributed by atoms with Crippen molar-refractivity contribution in [3.05, 3.63) is 30.2 Å². The fraction of sp³-hybridized carbons (Fsp3) is 0.526. The van der Waals surface area contributed by atoms with Gasteiger partial charge in [-0.25, -0.2) is 0 Å². The first-order valence-electron chi connectivity index (χ1n) is 8.74. The Morgan fingerprint density at radius 2 is 1.92 bits per heavy atom. The molecule has 2 N–H and O–H groups in total. The zero-order valence-electron chi connectivity index (χ0n) is 14.4. The Labute approximate surface area is 144 Å². The molecule has 131 valence electrons. The summed E-state index contributed by atoms with van der Waals surface area (Å²) in [5.74, 6) is -0.231. The summed E-state index contributed by atoms with van der Waals surface area (Å²) in [7, 11) is 0. The number of Topliss-reactive ketones (excluding diaryl/α,β-unsaturated/α-hetero) is 1. The van der Waals surface area contributed by atoms with Crippen LogP contribution in [0.1, 0.15) is 55.8 Å². The monoisotopic (exact) mass is 331 g/mol. The highest BCUT2D eigenvalue weighted by Gasteiger charge is 2.14. The number of aromatic hydroxyl groups is 1. The van der Waals surface area contributed by atoms with Crippen molar-refractivity contribution in [1.29, 1.82) is 0 Å². The van der Waals surface area contributed by atoms with Crippen LogP contribution >= 0.6 is 0 Å². The van der Waals surface area contributed by atoms with Crippen LogP contribution in [0.5, 0.6) is 5.75 Å². The van der Waals surface area contributed by atoms with Crippen LogP contribution in [0.2, 0.25) is 0 Å². The normalized spacial score (nSPS) is 15.2. The van der Waals surface area contributed by atoms with E-state index in [9.17, 15) is 14.7 Å². The molecule has 0 aromatic heterocycles. The number of benzene rings is 1. The summed E-state index contributed by atoms with van der Waals surface area (Å²) in [4.78, 5) is 26.1. The van der Waals surface area contributed by atoms with Crippen molar-refractivity contribution < 1.29 is 14.7 Å². The van der Waals surface area contributed by atoms with Gasteiger partial charge in [0, 0.05) is 18.9 Å². The Balaban J connectivity index is 1.77. The first-order valence-corrected chi connectivity index (χ1v) is 8.74. The van der Waals surface area contributed by atoms with E-state index in [1.54, 1.807) is 6.07 Å². The van der Waals surface area contributed by atoms with Gasteiger partial charge in [0.2, 0.25) is 5.91 Å². The summed E-state index contributed by atoms with van der Waals surface area (Å²) in [6.07, 6.45) is 8.09. The molecule has 1 fully saturated rings. The second-order valence-corrected chi connectivity index (χ2v) is 6.35. The lowest BCUT2D eigenvalue weighted by atomic mass is 10.0. The van der Waals surface area contributed by atoms with Crippen LogP contribution in [-0.4, -0.2) is 41.3 Å². The minimum Gasteiger partial charge on any atom is -0.508 e. The van der Waals surface area contributed by atoms with E-state index in [4.69, 9.17) is 0 Å². The lowest BCUT2D eigenvalue weighted by Crippen LogP contribution is -2.30. The highest BCUT2D eigenvalue weighted by Crippen LogP contribution is 2.23. The van der Waals surface area contributed by atoms with E-state index in [0.717, 1.165) is 38.9 Å². The fourth-order valence-electron chi connectivity index (χ4n) is 3.02. The van der Waals surface area contributed by atoms with Crippen molar-refractivity contribution in [2.45, 2.75) is 45.4 Å². The van der Waals surface area contributed by atoms with Gasteiger partial charge >= 0.3 is 0 Å². The van der Waals surface area contributed by atoms with E-state index in [-0.39, 0.29) is 17.4 Å². The molecule has 0 unspecified atom stereocenters. The predicted molar refractivity (Wildman–Crippen MR) is 95.2 cm³/mol. The molecule has 1 radical (unpaired) electrons. The van der Waals surface area contributed by atoms with Gasteiger partial charge in [0.1, 0.15) is 5.75 Å². The third-order valence-corrected chi connectivity index (χ3v) is 4.29. The molecule has 1 aliphatic rings. The van der Waals surface area contributed by atoms with E-state index in [0.29, 0.717) is 17.7 Å². The lowest BCUT2D eigenvalue weighted by molar-refractivity contribution is -0.114. The number of nitrogens with zero attached hydrogens (tertiary/aromatic N) is 1. The average molecular weight is 331 g/mol. The number of nitrogens with one attached hydrogen (secondary N) is 1. The summed E-state index contributed by atoms with van der Waals surface area (Å²) < 4.78 is 0. The number of carbonyl (C=O) groups excluding carboxylic acids is 2. The Morgan fingerprint density at radius 3 is 2.62 bits per heavy atom. The number of phenolic OH excluding ortho intramolecular Hbond substituents is 1. The molecule has 0 aliphatic carbocycles. The van der Waals surface area contributed by atoms with Crippen molar-refractivity contribution in [2.75, 3.05) is 25.0 Å². The minimum atomic E-state index is -0.228. The van der Waals surface area contributed by atoms with Crippen molar-refractivity contribution in [3.8, 4) is 5.75 Å². The summed E-state index contributed by atoms with van der Waals surface area (Å²) in [6, 6.07) is 4.47. The number of likely N-dealkylation sites (tertiary alicyclic amines) is 1. The van der Waals surface area contributed by atoms with E-state index in [1.165, 1.54) is 31.9 Å². The summed E-state index contributed by atoms with van der Waals surface area (Å²) >= 11 is 0. The van der Waals surface area contributed by atoms with Crippen LogP contribution in [0.3, 0.4) is 0 Å². The third kappa shape index (κ3) is 5.96. The number of anilines is 1. The highest BCUT2D eigenvalue weighted by molar-refractivity contribution is 6.04. The van der Waals surface area contributed by atoms with E-state index >= 15 is 0 Å². The Kier molecular flexibility index (Phi) is 7.25. The van der Waals surface area contributed by atoms with Crippen molar-refractivity contribution in [3.63, 3.8) is 0 Å². The van der Waals surface area contributed by atoms with Crippen LogP contribution < -0.4 is 5.32 Å². The second kappa shape index (κ2) is 9.42. The van der Waals surface area contributed by atoms with Crippen LogP contribution in [0.4, 0.5) is 5.69 Å². The summed E-state index contributed by atoms with van der Waals surface area (Å²) in [6.45, 7) is 4.81. The quantitative estimate of drug-likeness (QED) is 0.435. The molecule has 1 saturated heterocycles. The largest absolute Gasteiger partial charge is 0.508 e. The van der Waals surface area contributed by atoms with Gasteiger partial charge < -0.3 is 15.3 Å². The van der Waals surface area contributed by atoms with Crippen LogP contribution in [0.25, 0.3) is 0 Å². The fourth-order valence-corrected chi connectivity index (χ4v) is 3.02. The number of ketones is 1. The van der Waals surface area contributed by atoms with Crippen molar-refractivity contribution in [1.82, 2.24) is 4.90 Å². The molecular weight excluding hydrogens is 304 g/mol. The van der Waals surface area contributed by atoms with Gasteiger partial charge in [-0.15, -0.1) is 0 Å². The average Bonchev–Trinajstić information content (AvgIpc) is 2.56. The number of rotatable bonds is 8. The summed E-state index contributed by atoms with van der Waals surface area (Å²) in [5.41, 5.74) is 0.853. The molecule has 1 aromatic rings. The maximum atomic E-state index is 12.4. The maximum absolute atomic E-state index is 12.4. The molecule has 1 heterocycles. The molecular formula is C19H27N2O3. The number of hydrogen-bond acceptors (Lipinski definition) is 4. The Morgan fingerprint density at radius 1 is 1.17 bits per heavy atom. The second-order valence-electron chi connectivity index (χ2n) is 6.35. The molecule has 1 amide bonds. The molecule has 24 heavy (non-hydrogen) atoms. The molecule has 5 nitrogen and oxygen atoms in total. The van der Waals surface area contributed by atoms with Gasteiger partial charge in [-0.1, -0.05) is 6.42 Å². The SMILES string of the molecule is CC(=O)Nc1ccc(O)cc1C(=O)CCCCCN1CC[CH]CC1. The van der Waals surface area contributed by atoms with Crippen molar-refractivity contribution in [2.24, 2.45) is 0 Å². The number of unbranched alkanes of at least 4 members (excludes halogenated alkanes) is 2. The molecule has 1 aromatic carbocycles. The zero-order valence-corrected chi connectivity index (χ0v) is 14.4. The van der Waals surface area contributed by atoms with Gasteiger partial charge in [-0.3, -0.25) is 9.59 Å². The lowest BCUT2D eigenvalue weighted by Gasteiger charge is -2.26. The van der Waals surface area contributed by atoms with Gasteiger partial charge in [0.25, 0.3) is 0 Å². The van der Waals surface area contributed by atoms with Crippen LogP contribution in [0, 0.1) is 6.42 Å². The van der Waals surface area contributed by atoms with Crippen LogP contribution in [0.15, 0.2) is 18.2 Å². The minimum absolute atomic E-state index is 0.0364. The van der Waals surface area contributed by atoms with Gasteiger partial charge in [0.15, 0.2) is 5.78 Å². The van der Waals surface area contributed by atoms with E-state index in [1.807, 2.05) is 0 Å². The topological polar surface area (TPSA) is 69.6 Å². The number of amides is 1. The van der Waals surface area contributed by atoms with Gasteiger partial charge in [0.05, 0.1) is 5.69 Å². The van der Waals surface area contributed by atoms with Gasteiger partial charge in [-0.05, 0) is 69.9 Å². The molecule has 1 aliphatic heterocycles. The van der Waals surface area contributed by atoms with E-state index in [2.05, 4.69) is 16.6 Å². The first-order chi connectivity index (χ1) is 11.6. The molecule has 0 atom stereocenters. The third-order valence-electron chi connectivity index (χ3n) is 4.29. The number of piperidine rings is 1. The standard InChI is InChI=1S/C19H27N2O3/c1-15(22)20-18-10-9-16(23)14-17(18)19(24)8-4-2-5-11-21-12-6-3-7-13-21/h3,9-10,14,23H,2,4-8,11-13H2,1H3,(H,20,22). The molecule has 0 saturated carbocycles. The number of phenols is 1. The van der Waals surface area contributed by atoms with Gasteiger partial charge in [-0.2, -0.15) is 0 Å². The zero-order chi connectivity index (χ0) is 17.4. The molecule has 0 spiro atoms. The van der Waals surface area contributed by atoms with Crippen molar-refractivity contribution >= 4 is 17.4 Å². The maximum Gasteiger partial charge on any atom is 0.221 e. The first kappa shape index (κ1) is 18.5. The molecule has 2 rings (SSSR count). The molecule has 5 heteroatoms. The van der Waals surface area contributed by atoms with Crippen LogP contribution in [-0.2, 0) is 4.79 Å². The molecule has 0 bridgehead atoms. The highest BCUT2D eigenvalue weighted by atomic mass is 16.3. The summed E-state index contributed by atoms with van der Waals surface area (Å²) in [5, 5.41) is 12.2. The number of hydrogen-bond donors (Lipinski definition) is 2. The smallest absolute Gasteiger partial charge is 0.221 e. The Hall–Kier alpha value is -1.88. The Bertz CT molecular complexity index is 566. The number of carbonyl (C=O) groups is 2. The predicted octanol–water partition coefficient (Wildman–Crippen LogP) is 3.39. The van der Waals surface area contributed by atoms with E-state index < -0.39 is 0 Å².